The average molecular weight is 422 g/mol. The number of nitrogens with zero attached hydrogens (tertiary/aromatic N) is 1. The van der Waals surface area contributed by atoms with E-state index in [1.165, 1.54) is 6.07 Å². The van der Waals surface area contributed by atoms with E-state index < -0.39 is 17.6 Å². The van der Waals surface area contributed by atoms with Gasteiger partial charge in [-0.2, -0.15) is 13.2 Å². The Kier molecular flexibility index (Phi) is 6.87. The SMILES string of the molecule is CC(C)c1ccc(OCC(=O)Nc2cc(C(F)(F)F)ccc2N2CCOCC2)cc1. The molecular formula is C22H25F3N2O3. The molecule has 1 N–H and O–H groups in total. The lowest BCUT2D eigenvalue weighted by Crippen LogP contribution is -2.37. The van der Waals surface area contributed by atoms with E-state index >= 15 is 0 Å². The first-order valence-electron chi connectivity index (χ1n) is 9.80. The van der Waals surface area contributed by atoms with Gasteiger partial charge in [-0.05, 0) is 41.8 Å². The fourth-order valence-electron chi connectivity index (χ4n) is 3.18. The molecule has 1 saturated heterocycles. The van der Waals surface area contributed by atoms with Crippen molar-refractivity contribution in [3.63, 3.8) is 0 Å². The molecule has 0 atom stereocenters. The standard InChI is InChI=1S/C22H25F3N2O3/c1-15(2)16-3-6-18(7-4-16)30-14-21(28)26-19-13-17(22(23,24)25)5-8-20(19)27-9-11-29-12-10-27/h3-8,13,15H,9-12,14H2,1-2H3,(H,26,28). The predicted octanol–water partition coefficient (Wildman–Crippen LogP) is 4.68. The van der Waals surface area contributed by atoms with Crippen LogP contribution in [-0.4, -0.2) is 38.8 Å². The maximum absolute atomic E-state index is 13.2. The zero-order valence-corrected chi connectivity index (χ0v) is 17.0. The van der Waals surface area contributed by atoms with Gasteiger partial charge in [0.25, 0.3) is 5.91 Å². The van der Waals surface area contributed by atoms with Crippen molar-refractivity contribution >= 4 is 17.3 Å². The van der Waals surface area contributed by atoms with Crippen molar-refractivity contribution in [2.75, 3.05) is 43.1 Å². The molecule has 3 rings (SSSR count). The number of amides is 1. The van der Waals surface area contributed by atoms with Crippen LogP contribution in [0, 0.1) is 0 Å². The van der Waals surface area contributed by atoms with Gasteiger partial charge in [-0.15, -0.1) is 0 Å². The van der Waals surface area contributed by atoms with Gasteiger partial charge in [-0.1, -0.05) is 26.0 Å². The summed E-state index contributed by atoms with van der Waals surface area (Å²) in [6.07, 6.45) is -4.50. The number of rotatable bonds is 6. The molecule has 2 aromatic carbocycles. The molecule has 1 fully saturated rings. The molecule has 162 valence electrons. The van der Waals surface area contributed by atoms with Crippen LogP contribution in [0.4, 0.5) is 24.5 Å². The first-order chi connectivity index (χ1) is 14.2. The second-order valence-electron chi connectivity index (χ2n) is 7.39. The van der Waals surface area contributed by atoms with Gasteiger partial charge in [0.1, 0.15) is 5.75 Å². The lowest BCUT2D eigenvalue weighted by atomic mass is 10.0. The Hall–Kier alpha value is -2.74. The van der Waals surface area contributed by atoms with Crippen LogP contribution in [0.2, 0.25) is 0 Å². The smallest absolute Gasteiger partial charge is 0.416 e. The van der Waals surface area contributed by atoms with Crippen molar-refractivity contribution in [2.45, 2.75) is 25.9 Å². The zero-order chi connectivity index (χ0) is 21.7. The zero-order valence-electron chi connectivity index (χ0n) is 17.0. The Morgan fingerprint density at radius 2 is 1.80 bits per heavy atom. The molecule has 0 saturated carbocycles. The molecule has 1 aliphatic rings. The number of hydrogen-bond acceptors (Lipinski definition) is 4. The van der Waals surface area contributed by atoms with E-state index in [9.17, 15) is 18.0 Å². The highest BCUT2D eigenvalue weighted by atomic mass is 19.4. The minimum Gasteiger partial charge on any atom is -0.484 e. The Balaban J connectivity index is 1.71. The number of halogens is 3. The van der Waals surface area contributed by atoms with Gasteiger partial charge in [-0.25, -0.2) is 0 Å². The Morgan fingerprint density at radius 1 is 1.13 bits per heavy atom. The van der Waals surface area contributed by atoms with Gasteiger partial charge < -0.3 is 19.7 Å². The van der Waals surface area contributed by atoms with E-state index in [2.05, 4.69) is 19.2 Å². The number of nitrogens with one attached hydrogen (secondary N) is 1. The summed E-state index contributed by atoms with van der Waals surface area (Å²) in [4.78, 5) is 14.3. The minimum absolute atomic E-state index is 0.107. The molecule has 0 bridgehead atoms. The number of ether oxygens (including phenoxy) is 2. The lowest BCUT2D eigenvalue weighted by molar-refractivity contribution is -0.137. The molecule has 5 nitrogen and oxygen atoms in total. The summed E-state index contributed by atoms with van der Waals surface area (Å²) in [5.41, 5.74) is 0.960. The fraction of sp³-hybridized carbons (Fsp3) is 0.409. The summed E-state index contributed by atoms with van der Waals surface area (Å²) in [6.45, 7) is 5.86. The third-order valence-electron chi connectivity index (χ3n) is 4.87. The molecule has 0 unspecified atom stereocenters. The maximum Gasteiger partial charge on any atom is 0.416 e. The number of carbonyl (C=O) groups excluding carboxylic acids is 1. The van der Waals surface area contributed by atoms with Crippen molar-refractivity contribution in [1.82, 2.24) is 0 Å². The van der Waals surface area contributed by atoms with Gasteiger partial charge in [0.2, 0.25) is 0 Å². The molecule has 8 heteroatoms. The van der Waals surface area contributed by atoms with Crippen LogP contribution in [-0.2, 0) is 15.7 Å². The minimum atomic E-state index is -4.50. The van der Waals surface area contributed by atoms with Crippen LogP contribution >= 0.6 is 0 Å². The second kappa shape index (κ2) is 9.38. The average Bonchev–Trinajstić information content (AvgIpc) is 2.72. The molecule has 0 aromatic heterocycles. The quantitative estimate of drug-likeness (QED) is 0.734. The topological polar surface area (TPSA) is 50.8 Å². The molecule has 30 heavy (non-hydrogen) atoms. The summed E-state index contributed by atoms with van der Waals surface area (Å²) < 4.78 is 50.3. The highest BCUT2D eigenvalue weighted by molar-refractivity contribution is 5.95. The van der Waals surface area contributed by atoms with Gasteiger partial charge in [0, 0.05) is 13.1 Å². The molecule has 0 radical (unpaired) electrons. The summed E-state index contributed by atoms with van der Waals surface area (Å²) >= 11 is 0. The van der Waals surface area contributed by atoms with Crippen LogP contribution in [0.25, 0.3) is 0 Å². The maximum atomic E-state index is 13.2. The first-order valence-corrected chi connectivity index (χ1v) is 9.80. The number of benzene rings is 2. The van der Waals surface area contributed by atoms with E-state index in [1.54, 1.807) is 12.1 Å². The van der Waals surface area contributed by atoms with Gasteiger partial charge in [0.05, 0.1) is 30.2 Å². The summed E-state index contributed by atoms with van der Waals surface area (Å²) in [6, 6.07) is 10.7. The number of carbonyl (C=O) groups is 1. The third kappa shape index (κ3) is 5.66. The number of morpholine rings is 1. The molecule has 1 aliphatic heterocycles. The Morgan fingerprint density at radius 3 is 2.40 bits per heavy atom. The highest BCUT2D eigenvalue weighted by Crippen LogP contribution is 2.35. The van der Waals surface area contributed by atoms with Crippen LogP contribution in [0.1, 0.15) is 30.9 Å². The molecule has 1 heterocycles. The summed E-state index contributed by atoms with van der Waals surface area (Å²) in [7, 11) is 0. The Bertz CT molecular complexity index is 861. The monoisotopic (exact) mass is 422 g/mol. The van der Waals surface area contributed by atoms with E-state index in [0.29, 0.717) is 43.7 Å². The first kappa shape index (κ1) is 22.0. The number of hydrogen-bond donors (Lipinski definition) is 1. The van der Waals surface area contributed by atoms with E-state index in [0.717, 1.165) is 17.7 Å². The molecule has 0 aliphatic carbocycles. The van der Waals surface area contributed by atoms with Gasteiger partial charge in [-0.3, -0.25) is 4.79 Å². The van der Waals surface area contributed by atoms with Gasteiger partial charge >= 0.3 is 6.18 Å². The second-order valence-corrected chi connectivity index (χ2v) is 7.39. The van der Waals surface area contributed by atoms with Crippen molar-refractivity contribution in [3.8, 4) is 5.75 Å². The Labute approximate surface area is 173 Å². The van der Waals surface area contributed by atoms with Crippen molar-refractivity contribution < 1.29 is 27.4 Å². The fourth-order valence-corrected chi connectivity index (χ4v) is 3.18. The van der Waals surface area contributed by atoms with Crippen molar-refractivity contribution in [2.24, 2.45) is 0 Å². The van der Waals surface area contributed by atoms with Gasteiger partial charge in [0.15, 0.2) is 6.61 Å². The number of alkyl halides is 3. The largest absolute Gasteiger partial charge is 0.484 e. The van der Waals surface area contributed by atoms with E-state index in [4.69, 9.17) is 9.47 Å². The third-order valence-corrected chi connectivity index (χ3v) is 4.87. The molecule has 1 amide bonds. The summed E-state index contributed by atoms with van der Waals surface area (Å²) in [5.74, 6) is 0.366. The van der Waals surface area contributed by atoms with Crippen LogP contribution < -0.4 is 15.0 Å². The van der Waals surface area contributed by atoms with E-state index in [-0.39, 0.29) is 12.3 Å². The predicted molar refractivity (Wildman–Crippen MR) is 109 cm³/mol. The molecular weight excluding hydrogens is 397 g/mol. The van der Waals surface area contributed by atoms with E-state index in [1.807, 2.05) is 17.0 Å². The van der Waals surface area contributed by atoms with Crippen LogP contribution in [0.5, 0.6) is 5.75 Å². The van der Waals surface area contributed by atoms with Crippen molar-refractivity contribution in [3.05, 3.63) is 53.6 Å². The molecule has 0 spiro atoms. The van der Waals surface area contributed by atoms with Crippen LogP contribution in [0.3, 0.4) is 0 Å². The highest BCUT2D eigenvalue weighted by Gasteiger charge is 2.32. The van der Waals surface area contributed by atoms with Crippen LogP contribution in [0.15, 0.2) is 42.5 Å². The normalized spacial score (nSPS) is 14.7. The summed E-state index contributed by atoms with van der Waals surface area (Å²) in [5, 5.41) is 2.57. The lowest BCUT2D eigenvalue weighted by Gasteiger charge is -2.31. The molecule has 2 aromatic rings. The van der Waals surface area contributed by atoms with Crippen molar-refractivity contribution in [1.29, 1.82) is 0 Å². The number of anilines is 2.